The molecule has 166 valence electrons. The number of carbonyl (C=O) groups is 1. The van der Waals surface area contributed by atoms with E-state index in [0.29, 0.717) is 35.6 Å². The van der Waals surface area contributed by atoms with Crippen LogP contribution in [0, 0.1) is 11.8 Å². The van der Waals surface area contributed by atoms with Crippen molar-refractivity contribution in [1.29, 1.82) is 0 Å². The van der Waals surface area contributed by atoms with Gasteiger partial charge in [0.15, 0.2) is 6.29 Å². The fourth-order valence-electron chi connectivity index (χ4n) is 4.62. The molecule has 1 aliphatic carbocycles. The SMILES string of the molecule is O=C(O[C@@H]1C[C@@H]2OC(O)C[C@@H]2[C@H]1CC[C@@H](F)COc1cccc(Cl)c1)c1ccccc1. The second kappa shape index (κ2) is 9.98. The largest absolute Gasteiger partial charge is 0.491 e. The van der Waals surface area contributed by atoms with Crippen molar-refractivity contribution in [1.82, 2.24) is 0 Å². The van der Waals surface area contributed by atoms with Crippen LogP contribution >= 0.6 is 11.6 Å². The lowest BCUT2D eigenvalue weighted by Gasteiger charge is -2.24. The Balaban J connectivity index is 1.34. The van der Waals surface area contributed by atoms with Crippen molar-refractivity contribution in [3.63, 3.8) is 0 Å². The van der Waals surface area contributed by atoms with Crippen molar-refractivity contribution < 1.29 is 28.5 Å². The summed E-state index contributed by atoms with van der Waals surface area (Å²) in [4.78, 5) is 12.5. The molecule has 2 fully saturated rings. The summed E-state index contributed by atoms with van der Waals surface area (Å²) in [6.07, 6.45) is -0.739. The van der Waals surface area contributed by atoms with Gasteiger partial charge in [-0.2, -0.15) is 0 Å². The zero-order valence-electron chi connectivity index (χ0n) is 17.0. The Kier molecular flexibility index (Phi) is 7.10. The summed E-state index contributed by atoms with van der Waals surface area (Å²) in [5, 5.41) is 10.4. The molecule has 2 aromatic rings. The fraction of sp³-hybridized carbons (Fsp3) is 0.458. The van der Waals surface area contributed by atoms with Gasteiger partial charge in [-0.15, -0.1) is 0 Å². The van der Waals surface area contributed by atoms with Gasteiger partial charge < -0.3 is 19.3 Å². The molecule has 7 heteroatoms. The highest BCUT2D eigenvalue weighted by Gasteiger charge is 2.50. The maximum atomic E-state index is 14.6. The first kappa shape index (κ1) is 22.1. The Hall–Kier alpha value is -2.15. The molecular weight excluding hydrogens is 423 g/mol. The predicted molar refractivity (Wildman–Crippen MR) is 114 cm³/mol. The van der Waals surface area contributed by atoms with Crippen molar-refractivity contribution in [3.05, 3.63) is 65.2 Å². The zero-order valence-corrected chi connectivity index (χ0v) is 17.8. The van der Waals surface area contributed by atoms with Crippen LogP contribution in [0.25, 0.3) is 0 Å². The van der Waals surface area contributed by atoms with Gasteiger partial charge in [0.25, 0.3) is 0 Å². The van der Waals surface area contributed by atoms with Crippen LogP contribution in [-0.4, -0.2) is 42.4 Å². The summed E-state index contributed by atoms with van der Waals surface area (Å²) in [5.74, 6) is 0.110. The molecular formula is C24H26ClFO5. The van der Waals surface area contributed by atoms with E-state index in [9.17, 15) is 14.3 Å². The number of esters is 1. The highest BCUT2D eigenvalue weighted by molar-refractivity contribution is 6.30. The average Bonchev–Trinajstić information content (AvgIpc) is 3.27. The van der Waals surface area contributed by atoms with Crippen LogP contribution < -0.4 is 4.74 Å². The number of hydrogen-bond donors (Lipinski definition) is 1. The molecule has 2 aromatic carbocycles. The Morgan fingerprint density at radius 2 is 2.00 bits per heavy atom. The number of ether oxygens (including phenoxy) is 3. The van der Waals surface area contributed by atoms with Gasteiger partial charge in [-0.25, -0.2) is 9.18 Å². The van der Waals surface area contributed by atoms with Gasteiger partial charge in [0.05, 0.1) is 11.7 Å². The standard InChI is InChI=1S/C24H26ClFO5/c25-16-7-4-8-18(11-16)29-14-17(26)9-10-19-20-12-23(27)30-22(20)13-21(19)31-24(28)15-5-2-1-3-6-15/h1-8,11,17,19-23,27H,9-10,12-14H2/t17-,19-,20-,21-,22+,23?/m1/s1. The summed E-state index contributed by atoms with van der Waals surface area (Å²) >= 11 is 5.93. The zero-order chi connectivity index (χ0) is 21.8. The van der Waals surface area contributed by atoms with Gasteiger partial charge in [0.1, 0.15) is 24.6 Å². The van der Waals surface area contributed by atoms with Gasteiger partial charge >= 0.3 is 5.97 Å². The van der Waals surface area contributed by atoms with Gasteiger partial charge in [-0.05, 0) is 49.1 Å². The minimum atomic E-state index is -1.17. The van der Waals surface area contributed by atoms with Crippen LogP contribution in [0.1, 0.15) is 36.0 Å². The minimum Gasteiger partial charge on any atom is -0.491 e. The first-order chi connectivity index (χ1) is 15.0. The van der Waals surface area contributed by atoms with Crippen molar-refractivity contribution in [3.8, 4) is 5.75 Å². The van der Waals surface area contributed by atoms with E-state index in [0.717, 1.165) is 0 Å². The van der Waals surface area contributed by atoms with Crippen molar-refractivity contribution in [2.45, 2.75) is 50.4 Å². The molecule has 31 heavy (non-hydrogen) atoms. The molecule has 1 N–H and O–H groups in total. The first-order valence-corrected chi connectivity index (χ1v) is 11.0. The quantitative estimate of drug-likeness (QED) is 0.587. The Morgan fingerprint density at radius 3 is 2.77 bits per heavy atom. The number of hydrogen-bond acceptors (Lipinski definition) is 5. The third-order valence-electron chi connectivity index (χ3n) is 6.08. The third-order valence-corrected chi connectivity index (χ3v) is 6.32. The summed E-state index contributed by atoms with van der Waals surface area (Å²) in [5.41, 5.74) is 0.484. The summed E-state index contributed by atoms with van der Waals surface area (Å²) < 4.78 is 31.5. The number of aliphatic hydroxyl groups is 1. The van der Waals surface area contributed by atoms with Gasteiger partial charge in [0.2, 0.25) is 0 Å². The van der Waals surface area contributed by atoms with Crippen LogP contribution in [-0.2, 0) is 9.47 Å². The third kappa shape index (κ3) is 5.56. The topological polar surface area (TPSA) is 65.0 Å². The summed E-state index contributed by atoms with van der Waals surface area (Å²) in [6, 6.07) is 15.7. The number of benzene rings is 2. The first-order valence-electron chi connectivity index (χ1n) is 10.6. The molecule has 4 rings (SSSR count). The Labute approximate surface area is 186 Å². The van der Waals surface area contributed by atoms with Gasteiger partial charge in [-0.1, -0.05) is 35.9 Å². The molecule has 1 heterocycles. The van der Waals surface area contributed by atoms with Crippen LogP contribution in [0.15, 0.2) is 54.6 Å². The van der Waals surface area contributed by atoms with Gasteiger partial charge in [-0.3, -0.25) is 0 Å². The highest BCUT2D eigenvalue weighted by atomic mass is 35.5. The number of rotatable bonds is 8. The maximum absolute atomic E-state index is 14.6. The number of fused-ring (bicyclic) bond motifs is 1. The van der Waals surface area contributed by atoms with Crippen molar-refractivity contribution in [2.75, 3.05) is 6.61 Å². The predicted octanol–water partition coefficient (Wildman–Crippen LogP) is 4.81. The van der Waals surface area contributed by atoms with E-state index < -0.39 is 18.4 Å². The lowest BCUT2D eigenvalue weighted by molar-refractivity contribution is -0.0958. The fourth-order valence-corrected chi connectivity index (χ4v) is 4.80. The Morgan fingerprint density at radius 1 is 1.19 bits per heavy atom. The lowest BCUT2D eigenvalue weighted by Crippen LogP contribution is -2.27. The van der Waals surface area contributed by atoms with Crippen LogP contribution in [0.3, 0.4) is 0 Å². The summed E-state index contributed by atoms with van der Waals surface area (Å²) in [7, 11) is 0. The summed E-state index contributed by atoms with van der Waals surface area (Å²) in [6.45, 7) is -0.0747. The van der Waals surface area contributed by atoms with E-state index in [1.165, 1.54) is 0 Å². The van der Waals surface area contributed by atoms with E-state index in [4.69, 9.17) is 25.8 Å². The lowest BCUT2D eigenvalue weighted by atomic mass is 9.87. The molecule has 0 spiro atoms. The molecule has 0 amide bonds. The molecule has 2 aliphatic rings. The maximum Gasteiger partial charge on any atom is 0.338 e. The second-order valence-corrected chi connectivity index (χ2v) is 8.62. The van der Waals surface area contributed by atoms with Crippen LogP contribution in [0.2, 0.25) is 5.02 Å². The average molecular weight is 449 g/mol. The molecule has 6 atom stereocenters. The van der Waals surface area contributed by atoms with E-state index >= 15 is 0 Å². The van der Waals surface area contributed by atoms with Crippen molar-refractivity contribution in [2.24, 2.45) is 11.8 Å². The minimum absolute atomic E-state index is 0.0459. The van der Waals surface area contributed by atoms with Crippen LogP contribution in [0.4, 0.5) is 4.39 Å². The molecule has 0 aromatic heterocycles. The molecule has 1 unspecified atom stereocenters. The number of carbonyl (C=O) groups excluding carboxylic acids is 1. The van der Waals surface area contributed by atoms with E-state index in [-0.39, 0.29) is 37.1 Å². The molecule has 0 bridgehead atoms. The van der Waals surface area contributed by atoms with E-state index in [2.05, 4.69) is 0 Å². The Bertz CT molecular complexity index is 879. The number of alkyl halides is 1. The van der Waals surface area contributed by atoms with Crippen LogP contribution in [0.5, 0.6) is 5.75 Å². The molecule has 1 saturated carbocycles. The molecule has 0 radical (unpaired) electrons. The monoisotopic (exact) mass is 448 g/mol. The number of halogens is 2. The van der Waals surface area contributed by atoms with Gasteiger partial charge in [0, 0.05) is 23.8 Å². The highest BCUT2D eigenvalue weighted by Crippen LogP contribution is 2.46. The molecule has 1 saturated heterocycles. The number of aliphatic hydroxyl groups excluding tert-OH is 1. The smallest absolute Gasteiger partial charge is 0.338 e. The second-order valence-electron chi connectivity index (χ2n) is 8.18. The molecule has 1 aliphatic heterocycles. The normalized spacial score (nSPS) is 28.2. The van der Waals surface area contributed by atoms with E-state index in [1.54, 1.807) is 48.5 Å². The van der Waals surface area contributed by atoms with Crippen molar-refractivity contribution >= 4 is 17.6 Å². The molecule has 5 nitrogen and oxygen atoms in total. The van der Waals surface area contributed by atoms with E-state index in [1.807, 2.05) is 6.07 Å².